The quantitative estimate of drug-likeness (QED) is 0.893. The maximum Gasteiger partial charge on any atom is 0.276 e. The van der Waals surface area contributed by atoms with E-state index in [0.29, 0.717) is 17.0 Å². The standard InChI is InChI=1S/C15H25N5OS.ClH/c1-3-13-10-19(8-9-22-13)15(21)14-11(2)20(18-17-14)12-4-6-16-7-5-12;/h12-13,16H,3-10H2,1-2H3;1H. The summed E-state index contributed by atoms with van der Waals surface area (Å²) in [4.78, 5) is 14.7. The minimum atomic E-state index is 0. The summed E-state index contributed by atoms with van der Waals surface area (Å²) in [5.41, 5.74) is 1.46. The van der Waals surface area contributed by atoms with Gasteiger partial charge in [-0.3, -0.25) is 4.79 Å². The van der Waals surface area contributed by atoms with Crippen molar-refractivity contribution in [1.29, 1.82) is 0 Å². The van der Waals surface area contributed by atoms with Gasteiger partial charge in [0, 0.05) is 24.1 Å². The van der Waals surface area contributed by atoms with Gasteiger partial charge in [0.25, 0.3) is 5.91 Å². The van der Waals surface area contributed by atoms with Crippen molar-refractivity contribution in [1.82, 2.24) is 25.2 Å². The number of amides is 1. The smallest absolute Gasteiger partial charge is 0.276 e. The van der Waals surface area contributed by atoms with Crippen molar-refractivity contribution in [2.75, 3.05) is 31.9 Å². The van der Waals surface area contributed by atoms with Crippen LogP contribution in [0, 0.1) is 6.92 Å². The predicted molar refractivity (Wildman–Crippen MR) is 95.6 cm³/mol. The van der Waals surface area contributed by atoms with Crippen LogP contribution in [0.2, 0.25) is 0 Å². The van der Waals surface area contributed by atoms with Crippen LogP contribution in [-0.2, 0) is 0 Å². The highest BCUT2D eigenvalue weighted by molar-refractivity contribution is 8.00. The van der Waals surface area contributed by atoms with E-state index in [1.807, 2.05) is 28.3 Å². The summed E-state index contributed by atoms with van der Waals surface area (Å²) >= 11 is 1.97. The zero-order chi connectivity index (χ0) is 15.5. The summed E-state index contributed by atoms with van der Waals surface area (Å²) in [5.74, 6) is 1.07. The molecule has 130 valence electrons. The molecule has 6 nitrogen and oxygen atoms in total. The summed E-state index contributed by atoms with van der Waals surface area (Å²) in [5, 5.41) is 12.4. The second-order valence-corrected chi connectivity index (χ2v) is 7.51. The molecule has 0 saturated carbocycles. The van der Waals surface area contributed by atoms with E-state index < -0.39 is 0 Å². The Morgan fingerprint density at radius 3 is 2.83 bits per heavy atom. The average molecular weight is 360 g/mol. The van der Waals surface area contributed by atoms with Gasteiger partial charge in [0.1, 0.15) is 0 Å². The molecule has 1 aromatic heterocycles. The fraction of sp³-hybridized carbons (Fsp3) is 0.800. The molecule has 2 aliphatic heterocycles. The lowest BCUT2D eigenvalue weighted by Crippen LogP contribution is -2.42. The number of carbonyl (C=O) groups excluding carboxylic acids is 1. The molecular weight excluding hydrogens is 334 g/mol. The Balaban J connectivity index is 0.00000192. The lowest BCUT2D eigenvalue weighted by atomic mass is 10.1. The molecule has 1 amide bonds. The molecule has 1 aromatic rings. The number of piperidine rings is 1. The first kappa shape index (κ1) is 18.5. The van der Waals surface area contributed by atoms with E-state index in [0.717, 1.165) is 56.9 Å². The maximum atomic E-state index is 12.8. The highest BCUT2D eigenvalue weighted by Crippen LogP contribution is 2.24. The molecule has 0 aromatic carbocycles. The van der Waals surface area contributed by atoms with Crippen LogP contribution in [0.3, 0.4) is 0 Å². The Bertz CT molecular complexity index is 532. The maximum absolute atomic E-state index is 12.8. The molecule has 1 atom stereocenters. The Labute approximate surface area is 148 Å². The van der Waals surface area contributed by atoms with Gasteiger partial charge >= 0.3 is 0 Å². The van der Waals surface area contributed by atoms with Crippen LogP contribution in [0.5, 0.6) is 0 Å². The lowest BCUT2D eigenvalue weighted by molar-refractivity contribution is 0.0754. The second-order valence-electron chi connectivity index (χ2n) is 6.10. The number of aromatic nitrogens is 3. The lowest BCUT2D eigenvalue weighted by Gasteiger charge is -2.31. The molecule has 3 heterocycles. The number of nitrogens with one attached hydrogen (secondary N) is 1. The fourth-order valence-corrected chi connectivity index (χ4v) is 4.42. The number of hydrogen-bond donors (Lipinski definition) is 1. The topological polar surface area (TPSA) is 63.1 Å². The summed E-state index contributed by atoms with van der Waals surface area (Å²) in [7, 11) is 0. The van der Waals surface area contributed by atoms with Crippen LogP contribution < -0.4 is 5.32 Å². The minimum Gasteiger partial charge on any atom is -0.335 e. The molecular formula is C15H26ClN5OS. The van der Waals surface area contributed by atoms with Gasteiger partial charge in [0.2, 0.25) is 0 Å². The van der Waals surface area contributed by atoms with Crippen LogP contribution in [0.15, 0.2) is 0 Å². The van der Waals surface area contributed by atoms with Crippen molar-refractivity contribution in [2.24, 2.45) is 0 Å². The molecule has 0 bridgehead atoms. The Hall–Kier alpha value is -0.790. The summed E-state index contributed by atoms with van der Waals surface area (Å²) in [6.45, 7) is 7.83. The van der Waals surface area contributed by atoms with Gasteiger partial charge in [-0.05, 0) is 39.3 Å². The molecule has 1 N–H and O–H groups in total. The van der Waals surface area contributed by atoms with Crippen molar-refractivity contribution in [2.45, 2.75) is 44.4 Å². The van der Waals surface area contributed by atoms with Crippen LogP contribution in [0.4, 0.5) is 0 Å². The first-order valence-corrected chi connectivity index (χ1v) is 9.29. The number of hydrogen-bond acceptors (Lipinski definition) is 5. The summed E-state index contributed by atoms with van der Waals surface area (Å²) in [6.07, 6.45) is 3.21. The van der Waals surface area contributed by atoms with Crippen LogP contribution >= 0.6 is 24.2 Å². The van der Waals surface area contributed by atoms with E-state index in [1.165, 1.54) is 0 Å². The van der Waals surface area contributed by atoms with Crippen molar-refractivity contribution in [3.8, 4) is 0 Å². The molecule has 0 spiro atoms. The number of carbonyl (C=O) groups is 1. The molecule has 0 aliphatic carbocycles. The van der Waals surface area contributed by atoms with Gasteiger partial charge < -0.3 is 10.2 Å². The molecule has 23 heavy (non-hydrogen) atoms. The monoisotopic (exact) mass is 359 g/mol. The van der Waals surface area contributed by atoms with Crippen molar-refractivity contribution in [3.63, 3.8) is 0 Å². The molecule has 2 saturated heterocycles. The van der Waals surface area contributed by atoms with E-state index in [9.17, 15) is 4.79 Å². The van der Waals surface area contributed by atoms with Gasteiger partial charge in [-0.25, -0.2) is 4.68 Å². The van der Waals surface area contributed by atoms with E-state index >= 15 is 0 Å². The van der Waals surface area contributed by atoms with E-state index in [-0.39, 0.29) is 18.3 Å². The number of nitrogens with zero attached hydrogens (tertiary/aromatic N) is 4. The van der Waals surface area contributed by atoms with Gasteiger partial charge in [-0.2, -0.15) is 11.8 Å². The first-order chi connectivity index (χ1) is 10.7. The number of halogens is 1. The Morgan fingerprint density at radius 1 is 1.39 bits per heavy atom. The minimum absolute atomic E-state index is 0. The van der Waals surface area contributed by atoms with Crippen molar-refractivity contribution >= 4 is 30.1 Å². The van der Waals surface area contributed by atoms with Crippen LogP contribution in [0.25, 0.3) is 0 Å². The first-order valence-electron chi connectivity index (χ1n) is 8.24. The number of rotatable bonds is 3. The van der Waals surface area contributed by atoms with Gasteiger partial charge in [0.15, 0.2) is 5.69 Å². The van der Waals surface area contributed by atoms with Crippen LogP contribution in [0.1, 0.15) is 48.4 Å². The molecule has 3 rings (SSSR count). The molecule has 1 unspecified atom stereocenters. The third-order valence-corrected chi connectivity index (χ3v) is 6.04. The van der Waals surface area contributed by atoms with Gasteiger partial charge in [-0.15, -0.1) is 17.5 Å². The number of thioether (sulfide) groups is 1. The zero-order valence-electron chi connectivity index (χ0n) is 13.8. The fourth-order valence-electron chi connectivity index (χ4n) is 3.24. The van der Waals surface area contributed by atoms with E-state index in [1.54, 1.807) is 0 Å². The molecule has 2 aliphatic rings. The molecule has 0 radical (unpaired) electrons. The Morgan fingerprint density at radius 2 is 2.13 bits per heavy atom. The SMILES string of the molecule is CCC1CN(C(=O)c2nnn(C3CCNCC3)c2C)CCS1.Cl. The largest absolute Gasteiger partial charge is 0.335 e. The Kier molecular flexibility index (Phi) is 6.73. The van der Waals surface area contributed by atoms with E-state index in [4.69, 9.17) is 0 Å². The molecule has 2 fully saturated rings. The third kappa shape index (κ3) is 4.00. The van der Waals surface area contributed by atoms with Crippen LogP contribution in [-0.4, -0.2) is 63.0 Å². The average Bonchev–Trinajstić information content (AvgIpc) is 2.96. The zero-order valence-corrected chi connectivity index (χ0v) is 15.5. The highest BCUT2D eigenvalue weighted by atomic mass is 35.5. The molecule has 8 heteroatoms. The third-order valence-electron chi connectivity index (χ3n) is 4.67. The van der Waals surface area contributed by atoms with Crippen molar-refractivity contribution < 1.29 is 4.79 Å². The van der Waals surface area contributed by atoms with E-state index in [2.05, 4.69) is 22.6 Å². The summed E-state index contributed by atoms with van der Waals surface area (Å²) in [6, 6.07) is 0.371. The predicted octanol–water partition coefficient (Wildman–Crippen LogP) is 1.90. The normalized spacial score (nSPS) is 22.7. The second kappa shape index (κ2) is 8.35. The highest BCUT2D eigenvalue weighted by Gasteiger charge is 2.29. The van der Waals surface area contributed by atoms with Crippen molar-refractivity contribution in [3.05, 3.63) is 11.4 Å². The van der Waals surface area contributed by atoms with Gasteiger partial charge in [-0.1, -0.05) is 12.1 Å². The summed E-state index contributed by atoms with van der Waals surface area (Å²) < 4.78 is 1.96. The van der Waals surface area contributed by atoms with Gasteiger partial charge in [0.05, 0.1) is 11.7 Å².